The van der Waals surface area contributed by atoms with Gasteiger partial charge in [-0.15, -0.1) is 0 Å². The summed E-state index contributed by atoms with van der Waals surface area (Å²) in [4.78, 5) is 23.7. The summed E-state index contributed by atoms with van der Waals surface area (Å²) in [6.45, 7) is 7.09. The summed E-state index contributed by atoms with van der Waals surface area (Å²) < 4.78 is 4.98. The minimum Gasteiger partial charge on any atom is -0.445 e. The summed E-state index contributed by atoms with van der Waals surface area (Å²) in [7, 11) is 0. The van der Waals surface area contributed by atoms with Crippen LogP contribution in [0.15, 0.2) is 30.9 Å². The average molecular weight is 476 g/mol. The molecular weight excluding hydrogens is 445 g/mol. The van der Waals surface area contributed by atoms with Crippen molar-refractivity contribution in [2.24, 2.45) is 0 Å². The maximum Gasteiger partial charge on any atom is 0.304 e. The van der Waals surface area contributed by atoms with Gasteiger partial charge in [0.15, 0.2) is 6.10 Å². The molecule has 0 saturated heterocycles. The summed E-state index contributed by atoms with van der Waals surface area (Å²) in [6.07, 6.45) is 9.61. The first-order valence-corrected chi connectivity index (χ1v) is 11.7. The summed E-state index contributed by atoms with van der Waals surface area (Å²) in [5, 5.41) is 3.65. The fourth-order valence-corrected chi connectivity index (χ4v) is 3.21. The van der Waals surface area contributed by atoms with Crippen LogP contribution in [0.4, 0.5) is 0 Å². The quantitative estimate of drug-likeness (QED) is 0.165. The van der Waals surface area contributed by atoms with Crippen LogP contribution >= 0.6 is 23.2 Å². The number of ether oxygens (including phenoxy) is 1. The second-order valence-corrected chi connectivity index (χ2v) is 8.18. The maximum absolute atomic E-state index is 12.6. The highest BCUT2D eigenvalue weighted by molar-refractivity contribution is 6.42. The third-order valence-electron chi connectivity index (χ3n) is 4.61. The monoisotopic (exact) mass is 475 g/mol. The molecule has 0 aliphatic heterocycles. The van der Waals surface area contributed by atoms with E-state index in [1.165, 1.54) is 51.2 Å². The Labute approximate surface area is 202 Å². The zero-order valence-electron chi connectivity index (χ0n) is 18.8. The first-order valence-electron chi connectivity index (χ1n) is 10.9. The van der Waals surface area contributed by atoms with Gasteiger partial charge < -0.3 is 10.1 Å². The number of benzene rings is 1. The third-order valence-corrected chi connectivity index (χ3v) is 5.35. The van der Waals surface area contributed by atoms with Gasteiger partial charge in [-0.3, -0.25) is 9.59 Å². The molecule has 0 heterocycles. The molecule has 0 fully saturated rings. The number of rotatable bonds is 12. The highest BCUT2D eigenvalue weighted by atomic mass is 35.5. The van der Waals surface area contributed by atoms with Gasteiger partial charge in [0, 0.05) is 12.5 Å². The predicted octanol–water partition coefficient (Wildman–Crippen LogP) is 6.36. The molecule has 172 valence electrons. The number of hydrogen-bond acceptors (Lipinski definition) is 3. The van der Waals surface area contributed by atoms with Crippen LogP contribution in [0.1, 0.15) is 75.6 Å². The number of hydrogen-bond donors (Lipinski definition) is 1. The van der Waals surface area contributed by atoms with Crippen LogP contribution < -0.4 is 5.32 Å². The van der Waals surface area contributed by atoms with Crippen LogP contribution in [0.5, 0.6) is 0 Å². The molecule has 1 aromatic carbocycles. The van der Waals surface area contributed by atoms with Crippen LogP contribution in [0, 0.1) is 23.7 Å². The van der Waals surface area contributed by atoms with E-state index in [1.807, 2.05) is 0 Å². The molecule has 2 atom stereocenters. The molecule has 0 spiro atoms. The van der Waals surface area contributed by atoms with Gasteiger partial charge in [-0.25, -0.2) is 0 Å². The summed E-state index contributed by atoms with van der Waals surface area (Å²) in [5.41, 5.74) is 0.415. The Balaban J connectivity index is 2.78. The fourth-order valence-electron chi connectivity index (χ4n) is 2.91. The molecule has 0 aromatic heterocycles. The molecule has 0 unspecified atom stereocenters. The zero-order valence-corrected chi connectivity index (χ0v) is 20.3. The van der Waals surface area contributed by atoms with E-state index in [4.69, 9.17) is 27.9 Å². The molecule has 0 bridgehead atoms. The van der Waals surface area contributed by atoms with Crippen molar-refractivity contribution in [1.82, 2.24) is 5.32 Å². The average Bonchev–Trinajstić information content (AvgIpc) is 2.76. The largest absolute Gasteiger partial charge is 0.445 e. The molecule has 32 heavy (non-hydrogen) atoms. The van der Waals surface area contributed by atoms with E-state index in [0.717, 1.165) is 12.8 Å². The van der Waals surface area contributed by atoms with E-state index in [2.05, 4.69) is 42.5 Å². The molecule has 0 radical (unpaired) electrons. The molecule has 1 amide bonds. The lowest BCUT2D eigenvalue weighted by Gasteiger charge is -2.13. The highest BCUT2D eigenvalue weighted by Gasteiger charge is 2.13. The Morgan fingerprint density at radius 1 is 1.06 bits per heavy atom. The van der Waals surface area contributed by atoms with Crippen LogP contribution in [-0.2, 0) is 9.53 Å². The molecule has 6 heteroatoms. The summed E-state index contributed by atoms with van der Waals surface area (Å²) in [5.74, 6) is 10.4. The van der Waals surface area contributed by atoms with Crippen molar-refractivity contribution in [2.75, 3.05) is 0 Å². The van der Waals surface area contributed by atoms with Crippen molar-refractivity contribution in [3.05, 3.63) is 46.5 Å². The van der Waals surface area contributed by atoms with E-state index in [-0.39, 0.29) is 11.9 Å². The smallest absolute Gasteiger partial charge is 0.304 e. The maximum atomic E-state index is 12.6. The second-order valence-electron chi connectivity index (χ2n) is 7.37. The number of amides is 1. The van der Waals surface area contributed by atoms with Crippen molar-refractivity contribution < 1.29 is 14.3 Å². The van der Waals surface area contributed by atoms with E-state index in [0.29, 0.717) is 22.0 Å². The lowest BCUT2D eigenvalue weighted by atomic mass is 10.0. The van der Waals surface area contributed by atoms with Gasteiger partial charge in [0.05, 0.1) is 16.1 Å². The second kappa shape index (κ2) is 16.3. The Morgan fingerprint density at radius 2 is 1.72 bits per heavy atom. The molecule has 4 nitrogen and oxygen atoms in total. The van der Waals surface area contributed by atoms with Crippen molar-refractivity contribution in [2.45, 2.75) is 77.4 Å². The molecule has 1 rings (SSSR count). The Hall–Kier alpha value is -2.40. The van der Waals surface area contributed by atoms with Crippen LogP contribution in [-0.4, -0.2) is 24.0 Å². The van der Waals surface area contributed by atoms with Gasteiger partial charge in [0.2, 0.25) is 0 Å². The molecule has 1 aromatic rings. The third kappa shape index (κ3) is 11.8. The Bertz CT molecular complexity index is 890. The molecule has 0 saturated carbocycles. The van der Waals surface area contributed by atoms with Gasteiger partial charge in [0.1, 0.15) is 0 Å². The number of nitrogens with one attached hydrogen (secondary N) is 1. The van der Waals surface area contributed by atoms with Crippen LogP contribution in [0.3, 0.4) is 0 Å². The summed E-state index contributed by atoms with van der Waals surface area (Å²) in [6, 6.07) is 4.38. The number of esters is 1. The number of carbonyl (C=O) groups is 2. The number of unbranched alkanes of at least 4 members (excludes halogenated alkanes) is 6. The van der Waals surface area contributed by atoms with E-state index < -0.39 is 12.1 Å². The Morgan fingerprint density at radius 3 is 2.34 bits per heavy atom. The van der Waals surface area contributed by atoms with Gasteiger partial charge in [0.25, 0.3) is 5.91 Å². The van der Waals surface area contributed by atoms with Crippen molar-refractivity contribution in [3.63, 3.8) is 0 Å². The first kappa shape index (κ1) is 27.6. The van der Waals surface area contributed by atoms with Crippen molar-refractivity contribution in [3.8, 4) is 23.7 Å². The molecule has 0 aliphatic carbocycles. The topological polar surface area (TPSA) is 55.4 Å². The van der Waals surface area contributed by atoms with Gasteiger partial charge >= 0.3 is 5.97 Å². The highest BCUT2D eigenvalue weighted by Crippen LogP contribution is 2.22. The van der Waals surface area contributed by atoms with Gasteiger partial charge in [-0.1, -0.05) is 87.6 Å². The van der Waals surface area contributed by atoms with Crippen LogP contribution in [0.2, 0.25) is 10.0 Å². The zero-order chi connectivity index (χ0) is 23.8. The van der Waals surface area contributed by atoms with Gasteiger partial charge in [-0.05, 0) is 48.5 Å². The standard InChI is InChI=1S/C26H31Cl2NO3/c1-4-6-7-8-9-10-11-14-22(15-12-13-16-23(5-2)32-20(3)30)29-26(31)21-17-18-24(27)25(28)19-21/h5,17-19,22-23H,2,4,6-11,14H2,1,3H3,(H,29,31)/t22-,23+/m1/s1. The lowest BCUT2D eigenvalue weighted by Crippen LogP contribution is -2.33. The fraction of sp³-hybridized carbons (Fsp3) is 0.462. The first-order chi connectivity index (χ1) is 15.4. The molecular formula is C26H31Cl2NO3. The van der Waals surface area contributed by atoms with Gasteiger partial charge in [-0.2, -0.15) is 0 Å². The minimum atomic E-state index is -0.714. The van der Waals surface area contributed by atoms with Crippen molar-refractivity contribution >= 4 is 35.1 Å². The summed E-state index contributed by atoms with van der Waals surface area (Å²) >= 11 is 12.0. The van der Waals surface area contributed by atoms with E-state index in [9.17, 15) is 9.59 Å². The molecule has 1 N–H and O–H groups in total. The SMILES string of the molecule is C=C[C@@H](C#CC#C[C@@H](CCCCCCCCC)NC(=O)c1ccc(Cl)c(Cl)c1)OC(C)=O. The molecule has 0 aliphatic rings. The predicted molar refractivity (Wildman–Crippen MR) is 132 cm³/mol. The van der Waals surface area contributed by atoms with E-state index in [1.54, 1.807) is 12.1 Å². The Kier molecular flexibility index (Phi) is 14.0. The number of halogens is 2. The normalized spacial score (nSPS) is 11.8. The number of carbonyl (C=O) groups excluding carboxylic acids is 2. The van der Waals surface area contributed by atoms with Crippen molar-refractivity contribution in [1.29, 1.82) is 0 Å². The lowest BCUT2D eigenvalue weighted by molar-refractivity contribution is -0.142. The van der Waals surface area contributed by atoms with E-state index >= 15 is 0 Å². The minimum absolute atomic E-state index is 0.275. The van der Waals surface area contributed by atoms with Crippen LogP contribution in [0.25, 0.3) is 0 Å².